The number of aryl methyl sites for hydroxylation is 1. The lowest BCUT2D eigenvalue weighted by molar-refractivity contribution is 0.0716. The van der Waals surface area contributed by atoms with Gasteiger partial charge in [-0.3, -0.25) is 4.79 Å². The van der Waals surface area contributed by atoms with E-state index in [0.29, 0.717) is 29.5 Å². The number of hydrogen-bond donors (Lipinski definition) is 0. The van der Waals surface area contributed by atoms with Gasteiger partial charge in [-0.1, -0.05) is 23.2 Å². The molecule has 1 aliphatic rings. The topological polar surface area (TPSA) is 36.7 Å². The monoisotopic (exact) mass is 388 g/mol. The van der Waals surface area contributed by atoms with Gasteiger partial charge < -0.3 is 14.2 Å². The molecule has 1 aromatic heterocycles. The lowest BCUT2D eigenvalue weighted by atomic mass is 10.1. The zero-order valence-electron chi connectivity index (χ0n) is 14.3. The summed E-state index contributed by atoms with van der Waals surface area (Å²) < 4.78 is 5.82. The van der Waals surface area contributed by atoms with Crippen molar-refractivity contribution in [3.63, 3.8) is 0 Å². The van der Waals surface area contributed by atoms with E-state index >= 15 is 0 Å². The van der Waals surface area contributed by atoms with E-state index in [-0.39, 0.29) is 5.91 Å². The highest BCUT2D eigenvalue weighted by Gasteiger charge is 2.26. The zero-order valence-corrected chi connectivity index (χ0v) is 15.8. The van der Waals surface area contributed by atoms with E-state index in [1.165, 1.54) is 0 Å². The summed E-state index contributed by atoms with van der Waals surface area (Å²) in [6.45, 7) is 4.76. The number of carbonyl (C=O) groups excluding carboxylic acids is 1. The van der Waals surface area contributed by atoms with Crippen LogP contribution in [0.2, 0.25) is 10.0 Å². The number of fused-ring (bicyclic) bond motifs is 1. The third-order valence-electron chi connectivity index (χ3n) is 4.85. The summed E-state index contributed by atoms with van der Waals surface area (Å²) in [5.74, 6) is 0.341. The highest BCUT2D eigenvalue weighted by Crippen LogP contribution is 2.29. The van der Waals surface area contributed by atoms with Crippen LogP contribution in [0.3, 0.4) is 0 Å². The molecular formula is C20H18Cl2N2O2. The third kappa shape index (κ3) is 3.15. The van der Waals surface area contributed by atoms with Crippen molar-refractivity contribution in [2.75, 3.05) is 31.1 Å². The lowest BCUT2D eigenvalue weighted by Crippen LogP contribution is -2.48. The van der Waals surface area contributed by atoms with Crippen molar-refractivity contribution < 1.29 is 9.21 Å². The average molecular weight is 389 g/mol. The van der Waals surface area contributed by atoms with Crippen molar-refractivity contribution in [1.29, 1.82) is 0 Å². The molecule has 1 aliphatic heterocycles. The maximum Gasteiger partial charge on any atom is 0.290 e. The average Bonchev–Trinajstić information content (AvgIpc) is 2.98. The minimum atomic E-state index is -0.0643. The van der Waals surface area contributed by atoms with E-state index in [9.17, 15) is 4.79 Å². The molecule has 1 fully saturated rings. The third-order valence-corrected chi connectivity index (χ3v) is 5.34. The summed E-state index contributed by atoms with van der Waals surface area (Å²) in [4.78, 5) is 17.0. The maximum absolute atomic E-state index is 12.9. The molecule has 2 heterocycles. The maximum atomic E-state index is 12.9. The molecule has 0 radical (unpaired) electrons. The van der Waals surface area contributed by atoms with Crippen LogP contribution in [0.15, 0.2) is 46.9 Å². The van der Waals surface area contributed by atoms with Crippen molar-refractivity contribution in [2.45, 2.75) is 6.92 Å². The van der Waals surface area contributed by atoms with Crippen LogP contribution in [0.4, 0.5) is 5.69 Å². The molecule has 0 N–H and O–H groups in total. The van der Waals surface area contributed by atoms with Gasteiger partial charge in [0, 0.05) is 52.9 Å². The molecule has 0 atom stereocenters. The van der Waals surface area contributed by atoms with Crippen LogP contribution in [0, 0.1) is 6.92 Å². The van der Waals surface area contributed by atoms with Gasteiger partial charge in [0.1, 0.15) is 5.58 Å². The van der Waals surface area contributed by atoms with Gasteiger partial charge in [0.05, 0.1) is 0 Å². The summed E-state index contributed by atoms with van der Waals surface area (Å²) in [5, 5.41) is 2.25. The Labute approximate surface area is 161 Å². The largest absolute Gasteiger partial charge is 0.451 e. The number of rotatable bonds is 2. The summed E-state index contributed by atoms with van der Waals surface area (Å²) in [6, 6.07) is 13.2. The first-order valence-electron chi connectivity index (χ1n) is 8.51. The molecule has 0 bridgehead atoms. The fourth-order valence-corrected chi connectivity index (χ4v) is 3.66. The van der Waals surface area contributed by atoms with Crippen molar-refractivity contribution in [3.8, 4) is 0 Å². The van der Waals surface area contributed by atoms with Crippen molar-refractivity contribution in [1.82, 2.24) is 4.90 Å². The molecule has 6 heteroatoms. The highest BCUT2D eigenvalue weighted by molar-refractivity contribution is 6.31. The second kappa shape index (κ2) is 6.86. The highest BCUT2D eigenvalue weighted by atomic mass is 35.5. The van der Waals surface area contributed by atoms with Gasteiger partial charge in [-0.25, -0.2) is 0 Å². The smallest absolute Gasteiger partial charge is 0.290 e. The predicted octanol–water partition coefficient (Wildman–Crippen LogP) is 5.01. The van der Waals surface area contributed by atoms with Gasteiger partial charge in [-0.05, 0) is 49.4 Å². The van der Waals surface area contributed by atoms with Crippen molar-refractivity contribution >= 4 is 45.8 Å². The van der Waals surface area contributed by atoms with E-state index in [1.807, 2.05) is 42.2 Å². The molecule has 4 nitrogen and oxygen atoms in total. The summed E-state index contributed by atoms with van der Waals surface area (Å²) in [6.07, 6.45) is 0. The van der Waals surface area contributed by atoms with Gasteiger partial charge in [-0.15, -0.1) is 0 Å². The Hall–Kier alpha value is -2.17. The Morgan fingerprint density at radius 1 is 0.962 bits per heavy atom. The number of halogens is 2. The number of carbonyl (C=O) groups is 1. The van der Waals surface area contributed by atoms with E-state index in [2.05, 4.69) is 4.90 Å². The fourth-order valence-electron chi connectivity index (χ4n) is 3.36. The van der Waals surface area contributed by atoms with Crippen LogP contribution in [0.1, 0.15) is 16.1 Å². The van der Waals surface area contributed by atoms with E-state index in [4.69, 9.17) is 27.6 Å². The second-order valence-corrected chi connectivity index (χ2v) is 7.33. The van der Waals surface area contributed by atoms with E-state index in [1.54, 1.807) is 12.1 Å². The Kier molecular flexibility index (Phi) is 4.55. The molecule has 2 aromatic carbocycles. The zero-order chi connectivity index (χ0) is 18.3. The number of piperazine rings is 1. The first-order chi connectivity index (χ1) is 12.5. The van der Waals surface area contributed by atoms with Gasteiger partial charge in [0.15, 0.2) is 5.76 Å². The molecule has 26 heavy (non-hydrogen) atoms. The molecule has 4 rings (SSSR count). The van der Waals surface area contributed by atoms with Crippen molar-refractivity contribution in [3.05, 3.63) is 63.8 Å². The number of nitrogens with zero attached hydrogens (tertiary/aromatic N) is 2. The number of furan rings is 1. The van der Waals surface area contributed by atoms with Crippen LogP contribution < -0.4 is 4.90 Å². The van der Waals surface area contributed by atoms with Crippen LogP contribution >= 0.6 is 23.2 Å². The summed E-state index contributed by atoms with van der Waals surface area (Å²) in [5.41, 5.74) is 2.65. The van der Waals surface area contributed by atoms with Gasteiger partial charge in [0.25, 0.3) is 5.91 Å². The molecule has 3 aromatic rings. The summed E-state index contributed by atoms with van der Waals surface area (Å²) in [7, 11) is 0. The van der Waals surface area contributed by atoms with Gasteiger partial charge in [-0.2, -0.15) is 0 Å². The molecule has 1 saturated heterocycles. The predicted molar refractivity (Wildman–Crippen MR) is 106 cm³/mol. The van der Waals surface area contributed by atoms with Crippen LogP contribution in [0.25, 0.3) is 11.0 Å². The van der Waals surface area contributed by atoms with Crippen molar-refractivity contribution in [2.24, 2.45) is 0 Å². The molecule has 134 valence electrons. The Morgan fingerprint density at radius 2 is 1.62 bits per heavy atom. The Balaban J connectivity index is 1.50. The SMILES string of the molecule is Cc1c(C(=O)N2CCN(c3ccc(Cl)cc3)CC2)oc2ccc(Cl)cc12. The quantitative estimate of drug-likeness (QED) is 0.618. The normalized spacial score (nSPS) is 14.9. The first kappa shape index (κ1) is 17.3. The van der Waals surface area contributed by atoms with E-state index in [0.717, 1.165) is 34.7 Å². The minimum absolute atomic E-state index is 0.0643. The van der Waals surface area contributed by atoms with Crippen LogP contribution in [-0.4, -0.2) is 37.0 Å². The molecule has 0 aliphatic carbocycles. The lowest BCUT2D eigenvalue weighted by Gasteiger charge is -2.35. The van der Waals surface area contributed by atoms with Gasteiger partial charge >= 0.3 is 0 Å². The Morgan fingerprint density at radius 3 is 2.31 bits per heavy atom. The van der Waals surface area contributed by atoms with E-state index < -0.39 is 0 Å². The van der Waals surface area contributed by atoms with Crippen LogP contribution in [0.5, 0.6) is 0 Å². The molecule has 0 spiro atoms. The fraction of sp³-hybridized carbons (Fsp3) is 0.250. The number of benzene rings is 2. The second-order valence-electron chi connectivity index (χ2n) is 6.45. The summed E-state index contributed by atoms with van der Waals surface area (Å²) >= 11 is 12.0. The standard InChI is InChI=1S/C20H18Cl2N2O2/c1-13-17-12-15(22)4-7-18(17)26-19(13)20(25)24-10-8-23(9-11-24)16-5-2-14(21)3-6-16/h2-7,12H,8-11H2,1H3. The van der Waals surface area contributed by atoms with Crippen LogP contribution in [-0.2, 0) is 0 Å². The minimum Gasteiger partial charge on any atom is -0.451 e. The number of anilines is 1. The molecule has 0 saturated carbocycles. The Bertz CT molecular complexity index is 958. The van der Waals surface area contributed by atoms with Gasteiger partial charge in [0.2, 0.25) is 0 Å². The molecular weight excluding hydrogens is 371 g/mol. The first-order valence-corrected chi connectivity index (χ1v) is 9.27. The number of amides is 1. The molecule has 1 amide bonds. The number of hydrogen-bond acceptors (Lipinski definition) is 3. The molecule has 0 unspecified atom stereocenters.